The summed E-state index contributed by atoms with van der Waals surface area (Å²) in [4.78, 5) is 11.3. The van der Waals surface area contributed by atoms with E-state index in [0.29, 0.717) is 21.0 Å². The minimum Gasteiger partial charge on any atom is -0.502 e. The highest BCUT2D eigenvalue weighted by Crippen LogP contribution is 2.21. The molecular formula is C16H15N2O2S2+. The molecule has 0 unspecified atom stereocenters. The first-order valence-electron chi connectivity index (χ1n) is 6.43. The highest BCUT2D eigenvalue weighted by atomic mass is 32.2. The number of primary amides is 1. The summed E-state index contributed by atoms with van der Waals surface area (Å²) in [6.07, 6.45) is 5.10. The first-order valence-corrected chi connectivity index (χ1v) is 8.06. The fraction of sp³-hybridized carbons (Fsp3) is 0.0625. The summed E-state index contributed by atoms with van der Waals surface area (Å²) in [5.41, 5.74) is 6.73. The van der Waals surface area contributed by atoms with Crippen LogP contribution in [0.4, 0.5) is 0 Å². The quantitative estimate of drug-likeness (QED) is 0.391. The fourth-order valence-corrected chi connectivity index (χ4v) is 2.51. The number of aliphatic hydroxyl groups excluding tert-OH is 1. The number of aromatic nitrogens is 1. The van der Waals surface area contributed by atoms with Gasteiger partial charge in [-0.2, -0.15) is 4.57 Å². The predicted octanol–water partition coefficient (Wildman–Crippen LogP) is 2.65. The second-order valence-electron chi connectivity index (χ2n) is 4.42. The molecule has 0 fully saturated rings. The number of nitrogens with two attached hydrogens (primary N) is 1. The number of thioether (sulfide) groups is 1. The van der Waals surface area contributed by atoms with E-state index in [1.807, 2.05) is 24.5 Å². The van der Waals surface area contributed by atoms with Crippen LogP contribution in [0.25, 0.3) is 11.5 Å². The van der Waals surface area contributed by atoms with Gasteiger partial charge in [-0.1, -0.05) is 42.5 Å². The summed E-state index contributed by atoms with van der Waals surface area (Å²) >= 11 is 6.69. The largest absolute Gasteiger partial charge is 0.502 e. The summed E-state index contributed by atoms with van der Waals surface area (Å²) in [6.45, 7) is 0. The van der Waals surface area contributed by atoms with Crippen molar-refractivity contribution in [3.63, 3.8) is 0 Å². The number of nitrogens with zero attached hydrogens (tertiary/aromatic N) is 1. The third-order valence-corrected chi connectivity index (χ3v) is 4.25. The Kier molecular flexibility index (Phi) is 5.30. The molecule has 112 valence electrons. The molecule has 0 saturated carbocycles. The molecule has 1 amide bonds. The second-order valence-corrected chi connectivity index (χ2v) is 5.90. The van der Waals surface area contributed by atoms with E-state index in [2.05, 4.69) is 0 Å². The van der Waals surface area contributed by atoms with Gasteiger partial charge in [0.05, 0.1) is 0 Å². The van der Waals surface area contributed by atoms with Gasteiger partial charge >= 0.3 is 0 Å². The summed E-state index contributed by atoms with van der Waals surface area (Å²) in [7, 11) is 0. The van der Waals surface area contributed by atoms with Crippen molar-refractivity contribution in [1.82, 2.24) is 0 Å². The van der Waals surface area contributed by atoms with Gasteiger partial charge in [0.25, 0.3) is 11.6 Å². The van der Waals surface area contributed by atoms with Gasteiger partial charge in [0.2, 0.25) is 0 Å². The summed E-state index contributed by atoms with van der Waals surface area (Å²) < 4.78 is 2.12. The molecule has 2 aromatic rings. The van der Waals surface area contributed by atoms with Gasteiger partial charge in [-0.25, -0.2) is 0 Å². The molecule has 0 bridgehead atoms. The van der Waals surface area contributed by atoms with E-state index in [9.17, 15) is 9.90 Å². The molecule has 3 N–H and O–H groups in total. The molecule has 0 aliphatic rings. The van der Waals surface area contributed by atoms with E-state index in [0.717, 1.165) is 0 Å². The lowest BCUT2D eigenvalue weighted by atomic mass is 10.1. The SMILES string of the molecule is CSC(=S)/C(=C(/O)c1ccccc1)[n+]1cccc(C(N)=O)c1. The number of hydrogen-bond acceptors (Lipinski definition) is 4. The lowest BCUT2D eigenvalue weighted by molar-refractivity contribution is -0.575. The molecule has 0 saturated heterocycles. The van der Waals surface area contributed by atoms with Gasteiger partial charge in [0.15, 0.2) is 18.2 Å². The molecule has 0 aliphatic carbocycles. The third kappa shape index (κ3) is 3.52. The van der Waals surface area contributed by atoms with Crippen molar-refractivity contribution in [3.05, 3.63) is 66.0 Å². The Hall–Kier alpha value is -2.18. The Labute approximate surface area is 138 Å². The molecular weight excluding hydrogens is 316 g/mol. The molecule has 0 aliphatic heterocycles. The Morgan fingerprint density at radius 1 is 1.18 bits per heavy atom. The normalized spacial score (nSPS) is 11.7. The van der Waals surface area contributed by atoms with Crippen molar-refractivity contribution in [1.29, 1.82) is 0 Å². The van der Waals surface area contributed by atoms with Gasteiger partial charge in [-0.3, -0.25) is 4.79 Å². The monoisotopic (exact) mass is 331 g/mol. The van der Waals surface area contributed by atoms with Gasteiger partial charge in [0.1, 0.15) is 9.76 Å². The minimum absolute atomic E-state index is 0.0478. The van der Waals surface area contributed by atoms with E-state index in [4.69, 9.17) is 18.0 Å². The topological polar surface area (TPSA) is 67.2 Å². The smallest absolute Gasteiger partial charge is 0.278 e. The number of pyridine rings is 1. The standard InChI is InChI=1S/C16H14N2O2S2/c1-22-16(21)13(14(19)11-6-3-2-4-7-11)18-9-5-8-12(10-18)15(17)20/h2-10H,1H3,(H2-,17,19,20,21)/p+1. The van der Waals surface area contributed by atoms with Crippen LogP contribution in [0.2, 0.25) is 0 Å². The Bertz CT molecular complexity index is 743. The van der Waals surface area contributed by atoms with Crippen molar-refractivity contribution < 1.29 is 14.5 Å². The van der Waals surface area contributed by atoms with Crippen LogP contribution in [0.5, 0.6) is 0 Å². The predicted molar refractivity (Wildman–Crippen MR) is 93.4 cm³/mol. The van der Waals surface area contributed by atoms with Crippen LogP contribution in [0.1, 0.15) is 15.9 Å². The number of hydrogen-bond donors (Lipinski definition) is 2. The van der Waals surface area contributed by atoms with Gasteiger partial charge in [-0.05, 0) is 12.3 Å². The summed E-state index contributed by atoms with van der Waals surface area (Å²) in [5, 5.41) is 10.6. The van der Waals surface area contributed by atoms with E-state index in [1.165, 1.54) is 11.8 Å². The maximum Gasteiger partial charge on any atom is 0.278 e. The number of thiocarbonyl (C=S) groups is 1. The number of carbonyl (C=O) groups excluding carboxylic acids is 1. The van der Waals surface area contributed by atoms with Gasteiger partial charge in [0, 0.05) is 11.6 Å². The molecule has 0 radical (unpaired) electrons. The number of benzene rings is 1. The molecule has 0 atom stereocenters. The molecule has 6 heteroatoms. The van der Waals surface area contributed by atoms with Crippen LogP contribution in [-0.4, -0.2) is 21.5 Å². The maximum absolute atomic E-state index is 11.3. The highest BCUT2D eigenvalue weighted by molar-refractivity contribution is 8.23. The van der Waals surface area contributed by atoms with Crippen LogP contribution < -0.4 is 10.3 Å². The van der Waals surface area contributed by atoms with Gasteiger partial charge in [-0.15, -0.1) is 11.8 Å². The Morgan fingerprint density at radius 2 is 1.82 bits per heavy atom. The lowest BCUT2D eigenvalue weighted by Gasteiger charge is -2.06. The van der Waals surface area contributed by atoms with Crippen LogP contribution in [0.15, 0.2) is 54.9 Å². The molecule has 1 aromatic carbocycles. The Balaban J connectivity index is 2.64. The number of carbonyl (C=O) groups is 1. The van der Waals surface area contributed by atoms with Crippen LogP contribution in [-0.2, 0) is 0 Å². The average molecular weight is 331 g/mol. The van der Waals surface area contributed by atoms with Crippen molar-refractivity contribution >= 4 is 45.5 Å². The molecule has 1 heterocycles. The van der Waals surface area contributed by atoms with Crippen molar-refractivity contribution in [3.8, 4) is 0 Å². The van der Waals surface area contributed by atoms with Crippen LogP contribution in [0, 0.1) is 0 Å². The molecule has 0 spiro atoms. The zero-order chi connectivity index (χ0) is 16.1. The van der Waals surface area contributed by atoms with E-state index < -0.39 is 5.91 Å². The van der Waals surface area contributed by atoms with Crippen molar-refractivity contribution in [2.45, 2.75) is 0 Å². The number of rotatable bonds is 4. The maximum atomic E-state index is 11.3. The molecule has 2 rings (SSSR count). The lowest BCUT2D eigenvalue weighted by Crippen LogP contribution is -2.36. The summed E-state index contributed by atoms with van der Waals surface area (Å²) in [6, 6.07) is 12.4. The molecule has 4 nitrogen and oxygen atoms in total. The minimum atomic E-state index is -0.539. The molecule has 22 heavy (non-hydrogen) atoms. The van der Waals surface area contributed by atoms with E-state index >= 15 is 0 Å². The zero-order valence-corrected chi connectivity index (χ0v) is 13.5. The van der Waals surface area contributed by atoms with Crippen molar-refractivity contribution in [2.24, 2.45) is 5.73 Å². The van der Waals surface area contributed by atoms with E-state index in [1.54, 1.807) is 41.2 Å². The third-order valence-electron chi connectivity index (χ3n) is 2.99. The molecule has 1 aromatic heterocycles. The zero-order valence-electron chi connectivity index (χ0n) is 11.9. The first-order chi connectivity index (χ1) is 10.5. The highest BCUT2D eigenvalue weighted by Gasteiger charge is 2.23. The van der Waals surface area contributed by atoms with Crippen LogP contribution in [0.3, 0.4) is 0 Å². The second kappa shape index (κ2) is 7.20. The van der Waals surface area contributed by atoms with E-state index in [-0.39, 0.29) is 5.76 Å². The Morgan fingerprint density at radius 3 is 2.41 bits per heavy atom. The number of amides is 1. The van der Waals surface area contributed by atoms with Crippen molar-refractivity contribution in [2.75, 3.05) is 6.26 Å². The van der Waals surface area contributed by atoms with Gasteiger partial charge < -0.3 is 10.8 Å². The fourth-order valence-electron chi connectivity index (χ4n) is 1.91. The van der Waals surface area contributed by atoms with Crippen LogP contribution >= 0.6 is 24.0 Å². The number of aliphatic hydroxyl groups is 1. The first kappa shape index (κ1) is 16.2. The summed E-state index contributed by atoms with van der Waals surface area (Å²) in [5.74, 6) is -0.491. The average Bonchev–Trinajstić information content (AvgIpc) is 2.55.